The molecule has 0 unspecified atom stereocenters. The van der Waals surface area contributed by atoms with Gasteiger partial charge in [-0.1, -0.05) is 24.1 Å². The average molecular weight is 263 g/mol. The van der Waals surface area contributed by atoms with Gasteiger partial charge in [0, 0.05) is 17.1 Å². The molecular weight excluding hydrogens is 254 g/mol. The van der Waals surface area contributed by atoms with E-state index in [-0.39, 0.29) is 11.3 Å². The van der Waals surface area contributed by atoms with Gasteiger partial charge in [-0.2, -0.15) is 5.10 Å². The minimum Gasteiger partial charge on any atom is -0.478 e. The van der Waals surface area contributed by atoms with Gasteiger partial charge in [0.05, 0.1) is 11.7 Å². The molecule has 5 nitrogen and oxygen atoms in total. The standard InChI is InChI=1S/C15H9N3O2/c19-15(20)12-9-17-18-14(12)6-5-10-7-11-3-1-2-4-13(11)16-8-10/h1-4,7-9H,(H,17,18)(H,19,20). The summed E-state index contributed by atoms with van der Waals surface area (Å²) < 4.78 is 0. The molecule has 0 aliphatic rings. The molecule has 0 saturated heterocycles. The second-order valence-electron chi connectivity index (χ2n) is 4.13. The predicted octanol–water partition coefficient (Wildman–Crippen LogP) is 2.06. The maximum Gasteiger partial charge on any atom is 0.340 e. The van der Waals surface area contributed by atoms with Crippen LogP contribution in [0, 0.1) is 11.8 Å². The number of H-pyrrole nitrogens is 1. The molecule has 20 heavy (non-hydrogen) atoms. The van der Waals surface area contributed by atoms with E-state index in [0.717, 1.165) is 16.5 Å². The molecular formula is C15H9N3O2. The third-order valence-electron chi connectivity index (χ3n) is 2.79. The number of carboxylic acids is 1. The van der Waals surface area contributed by atoms with Gasteiger partial charge < -0.3 is 5.11 Å². The molecule has 0 spiro atoms. The van der Waals surface area contributed by atoms with Crippen molar-refractivity contribution < 1.29 is 9.90 Å². The van der Waals surface area contributed by atoms with E-state index in [1.54, 1.807) is 6.20 Å². The number of nitrogens with zero attached hydrogens (tertiary/aromatic N) is 2. The van der Waals surface area contributed by atoms with Gasteiger partial charge in [0.15, 0.2) is 0 Å². The topological polar surface area (TPSA) is 78.9 Å². The van der Waals surface area contributed by atoms with Crippen LogP contribution in [0.5, 0.6) is 0 Å². The molecule has 0 atom stereocenters. The van der Waals surface area contributed by atoms with Crippen molar-refractivity contribution in [1.82, 2.24) is 15.2 Å². The Bertz CT molecular complexity index is 856. The summed E-state index contributed by atoms with van der Waals surface area (Å²) in [6.45, 7) is 0. The van der Waals surface area contributed by atoms with Crippen molar-refractivity contribution in [3.63, 3.8) is 0 Å². The molecule has 1 aromatic carbocycles. The molecule has 2 N–H and O–H groups in total. The maximum atomic E-state index is 10.9. The summed E-state index contributed by atoms with van der Waals surface area (Å²) in [5.74, 6) is 4.60. The van der Waals surface area contributed by atoms with E-state index in [1.165, 1.54) is 6.20 Å². The highest BCUT2D eigenvalue weighted by molar-refractivity contribution is 5.89. The van der Waals surface area contributed by atoms with E-state index >= 15 is 0 Å². The molecule has 0 fully saturated rings. The van der Waals surface area contributed by atoms with E-state index in [4.69, 9.17) is 5.11 Å². The second kappa shape index (κ2) is 4.86. The van der Waals surface area contributed by atoms with Crippen molar-refractivity contribution in [3.05, 3.63) is 59.5 Å². The van der Waals surface area contributed by atoms with Gasteiger partial charge in [-0.25, -0.2) is 4.79 Å². The minimum atomic E-state index is -1.06. The van der Waals surface area contributed by atoms with Crippen molar-refractivity contribution >= 4 is 16.9 Å². The lowest BCUT2D eigenvalue weighted by atomic mass is 10.1. The SMILES string of the molecule is O=C(O)c1cn[nH]c1C#Cc1cnc2ccccc2c1. The van der Waals surface area contributed by atoms with Crippen LogP contribution in [0.3, 0.4) is 0 Å². The predicted molar refractivity (Wildman–Crippen MR) is 73.3 cm³/mol. The first-order valence-electron chi connectivity index (χ1n) is 5.87. The highest BCUT2D eigenvalue weighted by atomic mass is 16.4. The van der Waals surface area contributed by atoms with Crippen molar-refractivity contribution in [2.75, 3.05) is 0 Å². The highest BCUT2D eigenvalue weighted by Gasteiger charge is 2.09. The molecule has 0 saturated carbocycles. The number of hydrogen-bond acceptors (Lipinski definition) is 3. The zero-order valence-corrected chi connectivity index (χ0v) is 10.3. The Morgan fingerprint density at radius 3 is 2.90 bits per heavy atom. The van der Waals surface area contributed by atoms with Gasteiger partial charge in [0.1, 0.15) is 11.3 Å². The van der Waals surface area contributed by atoms with E-state index in [0.29, 0.717) is 0 Å². The second-order valence-corrected chi connectivity index (χ2v) is 4.13. The Labute approximate surface area is 114 Å². The number of para-hydroxylation sites is 1. The minimum absolute atomic E-state index is 0.0613. The monoisotopic (exact) mass is 263 g/mol. The summed E-state index contributed by atoms with van der Waals surface area (Å²) in [5.41, 5.74) is 1.96. The van der Waals surface area contributed by atoms with Crippen LogP contribution in [0.1, 0.15) is 21.6 Å². The third kappa shape index (κ3) is 2.22. The molecule has 0 bridgehead atoms. The first kappa shape index (κ1) is 11.9. The highest BCUT2D eigenvalue weighted by Crippen LogP contribution is 2.12. The largest absolute Gasteiger partial charge is 0.478 e. The Kier molecular flexibility index (Phi) is 2.90. The first-order chi connectivity index (χ1) is 9.74. The maximum absolute atomic E-state index is 10.9. The summed E-state index contributed by atoms with van der Waals surface area (Å²) in [5, 5.41) is 16.2. The fraction of sp³-hybridized carbons (Fsp3) is 0. The number of pyridine rings is 1. The lowest BCUT2D eigenvalue weighted by Crippen LogP contribution is -1.96. The molecule has 0 aliphatic carbocycles. The van der Waals surface area contributed by atoms with Crippen LogP contribution < -0.4 is 0 Å². The number of aromatic nitrogens is 3. The first-order valence-corrected chi connectivity index (χ1v) is 5.87. The summed E-state index contributed by atoms with van der Waals surface area (Å²) in [7, 11) is 0. The number of aromatic amines is 1. The zero-order valence-electron chi connectivity index (χ0n) is 10.3. The smallest absolute Gasteiger partial charge is 0.340 e. The van der Waals surface area contributed by atoms with Crippen molar-refractivity contribution in [2.45, 2.75) is 0 Å². The van der Waals surface area contributed by atoms with E-state index in [2.05, 4.69) is 27.0 Å². The summed E-state index contributed by atoms with van der Waals surface area (Å²) >= 11 is 0. The van der Waals surface area contributed by atoms with Crippen molar-refractivity contribution in [2.24, 2.45) is 0 Å². The number of hydrogen-bond donors (Lipinski definition) is 2. The van der Waals surface area contributed by atoms with Crippen LogP contribution in [-0.2, 0) is 0 Å². The van der Waals surface area contributed by atoms with Crippen molar-refractivity contribution in [3.8, 4) is 11.8 Å². The molecule has 0 amide bonds. The molecule has 5 heteroatoms. The molecule has 2 aromatic heterocycles. The lowest BCUT2D eigenvalue weighted by Gasteiger charge is -1.96. The number of carboxylic acid groups (broad SMARTS) is 1. The third-order valence-corrected chi connectivity index (χ3v) is 2.79. The van der Waals surface area contributed by atoms with Crippen LogP contribution in [0.4, 0.5) is 0 Å². The summed E-state index contributed by atoms with van der Waals surface area (Å²) in [6.07, 6.45) is 2.90. The summed E-state index contributed by atoms with van der Waals surface area (Å²) in [4.78, 5) is 15.2. The Morgan fingerprint density at radius 2 is 2.05 bits per heavy atom. The molecule has 3 aromatic rings. The quantitative estimate of drug-likeness (QED) is 0.659. The fourth-order valence-corrected chi connectivity index (χ4v) is 1.82. The van der Waals surface area contributed by atoms with E-state index in [9.17, 15) is 4.79 Å². The molecule has 0 radical (unpaired) electrons. The lowest BCUT2D eigenvalue weighted by molar-refractivity contribution is 0.0696. The zero-order chi connectivity index (χ0) is 13.9. The van der Waals surface area contributed by atoms with Crippen LogP contribution >= 0.6 is 0 Å². The molecule has 2 heterocycles. The fourth-order valence-electron chi connectivity index (χ4n) is 1.82. The van der Waals surface area contributed by atoms with Crippen LogP contribution in [-0.4, -0.2) is 26.3 Å². The molecule has 96 valence electrons. The van der Waals surface area contributed by atoms with Crippen LogP contribution in [0.25, 0.3) is 10.9 Å². The Balaban J connectivity index is 1.99. The Hall–Kier alpha value is -3.13. The van der Waals surface area contributed by atoms with Crippen LogP contribution in [0.2, 0.25) is 0 Å². The van der Waals surface area contributed by atoms with Gasteiger partial charge in [-0.15, -0.1) is 0 Å². The number of carbonyl (C=O) groups is 1. The van der Waals surface area contributed by atoms with Gasteiger partial charge in [0.25, 0.3) is 0 Å². The van der Waals surface area contributed by atoms with Gasteiger partial charge in [-0.3, -0.25) is 10.1 Å². The van der Waals surface area contributed by atoms with Gasteiger partial charge in [0.2, 0.25) is 0 Å². The number of benzene rings is 1. The van der Waals surface area contributed by atoms with E-state index in [1.807, 2.05) is 30.3 Å². The van der Waals surface area contributed by atoms with Crippen LogP contribution in [0.15, 0.2) is 42.7 Å². The Morgan fingerprint density at radius 1 is 1.20 bits per heavy atom. The van der Waals surface area contributed by atoms with E-state index < -0.39 is 5.97 Å². The number of fused-ring (bicyclic) bond motifs is 1. The number of nitrogens with one attached hydrogen (secondary N) is 1. The van der Waals surface area contributed by atoms with Gasteiger partial charge >= 0.3 is 5.97 Å². The van der Waals surface area contributed by atoms with Crippen molar-refractivity contribution in [1.29, 1.82) is 0 Å². The number of rotatable bonds is 1. The normalized spacial score (nSPS) is 10.0. The molecule has 3 rings (SSSR count). The number of aromatic carboxylic acids is 1. The summed E-state index contributed by atoms with van der Waals surface area (Å²) in [6, 6.07) is 9.63. The molecule has 0 aliphatic heterocycles. The van der Waals surface area contributed by atoms with Gasteiger partial charge in [-0.05, 0) is 18.1 Å². The average Bonchev–Trinajstić information content (AvgIpc) is 2.93.